The van der Waals surface area contributed by atoms with Gasteiger partial charge in [-0.25, -0.2) is 4.79 Å². The van der Waals surface area contributed by atoms with E-state index in [1.807, 2.05) is 67.5 Å². The number of hydrogen-bond donors (Lipinski definition) is 0. The molecule has 0 N–H and O–H groups in total. The van der Waals surface area contributed by atoms with Crippen LogP contribution in [0.3, 0.4) is 0 Å². The van der Waals surface area contributed by atoms with E-state index >= 15 is 0 Å². The van der Waals surface area contributed by atoms with Crippen LogP contribution in [0.4, 0.5) is 0 Å². The van der Waals surface area contributed by atoms with Crippen LogP contribution in [0, 0.1) is 0 Å². The first-order valence-electron chi connectivity index (χ1n) is 8.20. The minimum Gasteiger partial charge on any atom is -0.497 e. The van der Waals surface area contributed by atoms with E-state index in [2.05, 4.69) is 21.0 Å². The van der Waals surface area contributed by atoms with Crippen LogP contribution in [0.25, 0.3) is 5.69 Å². The molecule has 0 bridgehead atoms. The van der Waals surface area contributed by atoms with Gasteiger partial charge < -0.3 is 9.64 Å². The van der Waals surface area contributed by atoms with Crippen molar-refractivity contribution in [1.82, 2.24) is 19.2 Å². The number of methoxy groups -OCH3 is 1. The molecule has 0 aliphatic heterocycles. The van der Waals surface area contributed by atoms with Crippen molar-refractivity contribution in [1.29, 1.82) is 0 Å². The van der Waals surface area contributed by atoms with Crippen LogP contribution in [0.5, 0.6) is 5.75 Å². The SMILES string of the molecule is COc1cccc(Cn2c(CN(C)C)nn(-c3ccc(Br)cc3)c2=O)c1. The zero-order valence-corrected chi connectivity index (χ0v) is 16.6. The first-order chi connectivity index (χ1) is 12.5. The molecule has 0 saturated carbocycles. The van der Waals surface area contributed by atoms with Crippen LogP contribution in [0.15, 0.2) is 57.8 Å². The van der Waals surface area contributed by atoms with Gasteiger partial charge in [0.05, 0.1) is 25.9 Å². The zero-order valence-electron chi connectivity index (χ0n) is 15.0. The van der Waals surface area contributed by atoms with Crippen molar-refractivity contribution >= 4 is 15.9 Å². The Kier molecular flexibility index (Phi) is 5.58. The molecule has 0 aliphatic rings. The number of ether oxygens (including phenoxy) is 1. The van der Waals surface area contributed by atoms with Crippen molar-refractivity contribution in [2.24, 2.45) is 0 Å². The van der Waals surface area contributed by atoms with Crippen molar-refractivity contribution in [2.45, 2.75) is 13.1 Å². The number of benzene rings is 2. The second-order valence-electron chi connectivity index (χ2n) is 6.26. The van der Waals surface area contributed by atoms with E-state index in [0.29, 0.717) is 18.9 Å². The first kappa shape index (κ1) is 18.4. The van der Waals surface area contributed by atoms with Gasteiger partial charge in [0.15, 0.2) is 0 Å². The Morgan fingerprint density at radius 3 is 2.54 bits per heavy atom. The van der Waals surface area contributed by atoms with Gasteiger partial charge in [-0.05, 0) is 56.1 Å². The Morgan fingerprint density at radius 1 is 1.15 bits per heavy atom. The second-order valence-corrected chi connectivity index (χ2v) is 7.18. The molecule has 7 heteroatoms. The normalized spacial score (nSPS) is 11.1. The van der Waals surface area contributed by atoms with Gasteiger partial charge in [-0.2, -0.15) is 4.68 Å². The summed E-state index contributed by atoms with van der Waals surface area (Å²) >= 11 is 3.42. The highest BCUT2D eigenvalue weighted by atomic mass is 79.9. The van der Waals surface area contributed by atoms with Crippen LogP contribution in [-0.2, 0) is 13.1 Å². The van der Waals surface area contributed by atoms with Gasteiger partial charge in [0.25, 0.3) is 0 Å². The number of aromatic nitrogens is 3. The van der Waals surface area contributed by atoms with Crippen LogP contribution >= 0.6 is 15.9 Å². The van der Waals surface area contributed by atoms with E-state index in [1.54, 1.807) is 11.7 Å². The average molecular weight is 417 g/mol. The Morgan fingerprint density at radius 2 is 1.88 bits per heavy atom. The Labute approximate surface area is 160 Å². The fourth-order valence-corrected chi connectivity index (χ4v) is 2.96. The van der Waals surface area contributed by atoms with E-state index in [1.165, 1.54) is 4.68 Å². The largest absolute Gasteiger partial charge is 0.497 e. The van der Waals surface area contributed by atoms with Gasteiger partial charge in [0, 0.05) is 4.47 Å². The molecular weight excluding hydrogens is 396 g/mol. The highest BCUT2D eigenvalue weighted by Crippen LogP contribution is 2.15. The zero-order chi connectivity index (χ0) is 18.7. The molecule has 1 heterocycles. The molecule has 6 nitrogen and oxygen atoms in total. The van der Waals surface area contributed by atoms with E-state index in [9.17, 15) is 4.79 Å². The van der Waals surface area contributed by atoms with Gasteiger partial charge in [-0.15, -0.1) is 5.10 Å². The molecule has 0 atom stereocenters. The maximum absolute atomic E-state index is 13.0. The van der Waals surface area contributed by atoms with E-state index in [4.69, 9.17) is 4.74 Å². The van der Waals surface area contributed by atoms with Crippen molar-refractivity contribution in [2.75, 3.05) is 21.2 Å². The fraction of sp³-hybridized carbons (Fsp3) is 0.263. The van der Waals surface area contributed by atoms with E-state index < -0.39 is 0 Å². The van der Waals surface area contributed by atoms with Crippen LogP contribution < -0.4 is 10.4 Å². The molecule has 3 aromatic rings. The molecule has 26 heavy (non-hydrogen) atoms. The molecule has 0 fully saturated rings. The number of halogens is 1. The van der Waals surface area contributed by atoms with Crippen molar-refractivity contribution in [3.05, 3.63) is 74.9 Å². The summed E-state index contributed by atoms with van der Waals surface area (Å²) in [4.78, 5) is 15.0. The summed E-state index contributed by atoms with van der Waals surface area (Å²) in [6, 6.07) is 15.3. The third-order valence-corrected chi connectivity index (χ3v) is 4.47. The van der Waals surface area contributed by atoms with E-state index in [-0.39, 0.29) is 5.69 Å². The molecule has 0 spiro atoms. The smallest absolute Gasteiger partial charge is 0.351 e. The van der Waals surface area contributed by atoms with Crippen molar-refractivity contribution in [3.63, 3.8) is 0 Å². The minimum absolute atomic E-state index is 0.160. The highest BCUT2D eigenvalue weighted by molar-refractivity contribution is 9.10. The second kappa shape index (κ2) is 7.88. The number of rotatable bonds is 6. The van der Waals surface area contributed by atoms with Crippen LogP contribution in [-0.4, -0.2) is 40.5 Å². The summed E-state index contributed by atoms with van der Waals surface area (Å²) in [5.41, 5.74) is 1.57. The van der Waals surface area contributed by atoms with Crippen LogP contribution in [0.2, 0.25) is 0 Å². The summed E-state index contributed by atoms with van der Waals surface area (Å²) < 4.78 is 9.39. The van der Waals surface area contributed by atoms with Gasteiger partial charge in [0.2, 0.25) is 0 Å². The quantitative estimate of drug-likeness (QED) is 0.619. The molecule has 2 aromatic carbocycles. The van der Waals surface area contributed by atoms with Gasteiger partial charge in [-0.3, -0.25) is 4.57 Å². The third kappa shape index (κ3) is 4.05. The summed E-state index contributed by atoms with van der Waals surface area (Å²) in [7, 11) is 5.55. The molecule has 136 valence electrons. The Bertz CT molecular complexity index is 945. The topological polar surface area (TPSA) is 52.3 Å². The lowest BCUT2D eigenvalue weighted by molar-refractivity contribution is 0.381. The summed E-state index contributed by atoms with van der Waals surface area (Å²) in [5, 5.41) is 4.57. The molecule has 3 rings (SSSR count). The fourth-order valence-electron chi connectivity index (χ4n) is 2.70. The lowest BCUT2D eigenvalue weighted by Gasteiger charge is -2.10. The Hall–Kier alpha value is -2.38. The summed E-state index contributed by atoms with van der Waals surface area (Å²) in [6.07, 6.45) is 0. The van der Waals surface area contributed by atoms with Crippen molar-refractivity contribution < 1.29 is 4.74 Å². The third-order valence-electron chi connectivity index (χ3n) is 3.94. The van der Waals surface area contributed by atoms with Gasteiger partial charge in [-0.1, -0.05) is 28.1 Å². The molecule has 0 radical (unpaired) electrons. The maximum Gasteiger partial charge on any atom is 0.351 e. The lowest BCUT2D eigenvalue weighted by atomic mass is 10.2. The summed E-state index contributed by atoms with van der Waals surface area (Å²) in [5.74, 6) is 1.48. The molecule has 0 unspecified atom stereocenters. The number of hydrogen-bond acceptors (Lipinski definition) is 4. The minimum atomic E-state index is -0.160. The van der Waals surface area contributed by atoms with Crippen molar-refractivity contribution in [3.8, 4) is 11.4 Å². The van der Waals surface area contributed by atoms with Gasteiger partial charge >= 0.3 is 5.69 Å². The maximum atomic E-state index is 13.0. The number of nitrogens with zero attached hydrogens (tertiary/aromatic N) is 4. The van der Waals surface area contributed by atoms with Gasteiger partial charge in [0.1, 0.15) is 11.6 Å². The molecule has 1 aromatic heterocycles. The lowest BCUT2D eigenvalue weighted by Crippen LogP contribution is -2.26. The first-order valence-corrected chi connectivity index (χ1v) is 8.99. The molecular formula is C19H21BrN4O2. The highest BCUT2D eigenvalue weighted by Gasteiger charge is 2.16. The molecule has 0 amide bonds. The predicted octanol–water partition coefficient (Wildman–Crippen LogP) is 2.92. The van der Waals surface area contributed by atoms with E-state index in [0.717, 1.165) is 21.5 Å². The molecule has 0 aliphatic carbocycles. The summed E-state index contributed by atoms with van der Waals surface area (Å²) in [6.45, 7) is 1.01. The monoisotopic (exact) mass is 416 g/mol. The standard InChI is InChI=1S/C19H21BrN4O2/c1-22(2)13-18-21-24(16-9-7-15(20)8-10-16)19(25)23(18)12-14-5-4-6-17(11-14)26-3/h4-11H,12-13H2,1-3H3. The molecule has 0 saturated heterocycles. The Balaban J connectivity index is 2.04. The van der Waals surface area contributed by atoms with Crippen LogP contribution in [0.1, 0.15) is 11.4 Å². The predicted molar refractivity (Wildman–Crippen MR) is 105 cm³/mol. The average Bonchev–Trinajstić information content (AvgIpc) is 2.91.